The molecule has 1 aliphatic rings. The quantitative estimate of drug-likeness (QED) is 0.776. The zero-order valence-corrected chi connectivity index (χ0v) is 15.2. The molecule has 1 fully saturated rings. The Bertz CT molecular complexity index is 824. The fraction of sp³-hybridized carbons (Fsp3) is 0.500. The van der Waals surface area contributed by atoms with Gasteiger partial charge in [-0.1, -0.05) is 0 Å². The topological polar surface area (TPSA) is 108 Å². The predicted molar refractivity (Wildman–Crippen MR) is 97.5 cm³/mol. The summed E-state index contributed by atoms with van der Waals surface area (Å²) in [7, 11) is 0. The van der Waals surface area contributed by atoms with Crippen molar-refractivity contribution < 1.29 is 19.4 Å². The van der Waals surface area contributed by atoms with Gasteiger partial charge in [0.05, 0.1) is 5.69 Å². The standard InChI is InChI=1S/C18H24N4O4/c1-18(2,3)26-17(25)22-8-4-5-11(10-22)21-14-12-6-7-19-15(12)20-9-13(14)16(23)24/h6-7,9,11H,4-5,8,10H2,1-3H3,(H,23,24)(H2,19,20,21)/t11-/m1/s1. The van der Waals surface area contributed by atoms with E-state index in [-0.39, 0.29) is 17.7 Å². The van der Waals surface area contributed by atoms with Gasteiger partial charge in [-0.25, -0.2) is 14.6 Å². The van der Waals surface area contributed by atoms with Crippen LogP contribution in [-0.4, -0.2) is 56.8 Å². The van der Waals surface area contributed by atoms with Crippen LogP contribution in [0.1, 0.15) is 44.0 Å². The van der Waals surface area contributed by atoms with E-state index >= 15 is 0 Å². The number of nitrogens with one attached hydrogen (secondary N) is 2. The number of amides is 1. The Labute approximate surface area is 151 Å². The number of ether oxygens (including phenoxy) is 1. The number of aromatic carboxylic acids is 1. The number of nitrogens with zero attached hydrogens (tertiary/aromatic N) is 2. The number of aromatic nitrogens is 2. The van der Waals surface area contributed by atoms with E-state index in [9.17, 15) is 14.7 Å². The number of hydrogen-bond donors (Lipinski definition) is 3. The van der Waals surface area contributed by atoms with Crippen molar-refractivity contribution in [2.45, 2.75) is 45.3 Å². The maximum atomic E-state index is 12.3. The van der Waals surface area contributed by atoms with E-state index in [1.54, 1.807) is 17.2 Å². The van der Waals surface area contributed by atoms with Crippen LogP contribution in [0.4, 0.5) is 10.5 Å². The lowest BCUT2D eigenvalue weighted by molar-refractivity contribution is 0.0206. The molecule has 1 atom stereocenters. The number of rotatable bonds is 3. The van der Waals surface area contributed by atoms with Gasteiger partial charge in [-0.3, -0.25) is 0 Å². The molecule has 2 aromatic heterocycles. The van der Waals surface area contributed by atoms with Crippen LogP contribution in [0, 0.1) is 0 Å². The van der Waals surface area contributed by atoms with Gasteiger partial charge in [-0.15, -0.1) is 0 Å². The summed E-state index contributed by atoms with van der Waals surface area (Å²) in [6.07, 6.45) is 4.39. The van der Waals surface area contributed by atoms with Gasteiger partial charge in [0.1, 0.15) is 16.8 Å². The van der Waals surface area contributed by atoms with Crippen molar-refractivity contribution in [3.8, 4) is 0 Å². The number of anilines is 1. The van der Waals surface area contributed by atoms with E-state index in [4.69, 9.17) is 4.74 Å². The predicted octanol–water partition coefficient (Wildman–Crippen LogP) is 3.07. The second-order valence-electron chi connectivity index (χ2n) is 7.50. The van der Waals surface area contributed by atoms with E-state index in [1.807, 2.05) is 20.8 Å². The third kappa shape index (κ3) is 3.89. The maximum Gasteiger partial charge on any atom is 0.410 e. The van der Waals surface area contributed by atoms with Gasteiger partial charge in [-0.05, 0) is 39.7 Å². The van der Waals surface area contributed by atoms with Crippen molar-refractivity contribution in [1.29, 1.82) is 0 Å². The molecule has 1 amide bonds. The molecule has 26 heavy (non-hydrogen) atoms. The smallest absolute Gasteiger partial charge is 0.410 e. The van der Waals surface area contributed by atoms with Gasteiger partial charge in [0.15, 0.2) is 0 Å². The minimum atomic E-state index is -1.04. The molecule has 0 radical (unpaired) electrons. The monoisotopic (exact) mass is 360 g/mol. The van der Waals surface area contributed by atoms with Gasteiger partial charge in [-0.2, -0.15) is 0 Å². The van der Waals surface area contributed by atoms with Gasteiger partial charge >= 0.3 is 12.1 Å². The van der Waals surface area contributed by atoms with Gasteiger partial charge < -0.3 is 25.0 Å². The molecular formula is C18H24N4O4. The van der Waals surface area contributed by atoms with E-state index in [2.05, 4.69) is 15.3 Å². The van der Waals surface area contributed by atoms with Crippen molar-refractivity contribution >= 4 is 28.8 Å². The molecule has 0 bridgehead atoms. The third-order valence-electron chi connectivity index (χ3n) is 4.24. The summed E-state index contributed by atoms with van der Waals surface area (Å²) >= 11 is 0. The van der Waals surface area contributed by atoms with E-state index in [1.165, 1.54) is 6.20 Å². The molecule has 8 heteroatoms. The maximum absolute atomic E-state index is 12.3. The lowest BCUT2D eigenvalue weighted by atomic mass is 10.0. The highest BCUT2D eigenvalue weighted by Crippen LogP contribution is 2.28. The molecule has 0 aromatic carbocycles. The lowest BCUT2D eigenvalue weighted by Crippen LogP contribution is -2.47. The van der Waals surface area contributed by atoms with Crippen LogP contribution in [0.3, 0.4) is 0 Å². The largest absolute Gasteiger partial charge is 0.478 e. The Hall–Kier alpha value is -2.77. The summed E-state index contributed by atoms with van der Waals surface area (Å²) < 4.78 is 5.45. The molecule has 8 nitrogen and oxygen atoms in total. The minimum Gasteiger partial charge on any atom is -0.478 e. The lowest BCUT2D eigenvalue weighted by Gasteiger charge is -2.35. The highest BCUT2D eigenvalue weighted by Gasteiger charge is 2.28. The summed E-state index contributed by atoms with van der Waals surface area (Å²) in [5.74, 6) is -1.04. The van der Waals surface area contributed by atoms with E-state index in [0.29, 0.717) is 24.4 Å². The zero-order chi connectivity index (χ0) is 18.9. The molecule has 3 rings (SSSR count). The second kappa shape index (κ2) is 6.86. The van der Waals surface area contributed by atoms with Gasteiger partial charge in [0.25, 0.3) is 0 Å². The number of carboxylic acids is 1. The molecule has 0 unspecified atom stereocenters. The zero-order valence-electron chi connectivity index (χ0n) is 15.2. The summed E-state index contributed by atoms with van der Waals surface area (Å²) in [5, 5.41) is 13.5. The number of pyridine rings is 1. The molecule has 2 aromatic rings. The number of fused-ring (bicyclic) bond motifs is 1. The van der Waals surface area contributed by atoms with Crippen molar-refractivity contribution in [2.75, 3.05) is 18.4 Å². The number of piperidine rings is 1. The van der Waals surface area contributed by atoms with E-state index < -0.39 is 11.6 Å². The first kappa shape index (κ1) is 18.0. The SMILES string of the molecule is CC(C)(C)OC(=O)N1CCC[C@@H](Nc2c(C(=O)O)cnc3[nH]ccc23)C1. The van der Waals surface area contributed by atoms with Crippen LogP contribution in [0.25, 0.3) is 11.0 Å². The normalized spacial score (nSPS) is 18.0. The molecule has 3 heterocycles. The van der Waals surface area contributed by atoms with Crippen molar-refractivity contribution in [3.05, 3.63) is 24.0 Å². The van der Waals surface area contributed by atoms with Crippen molar-refractivity contribution in [1.82, 2.24) is 14.9 Å². The Kier molecular flexibility index (Phi) is 4.76. The Morgan fingerprint density at radius 3 is 2.88 bits per heavy atom. The van der Waals surface area contributed by atoms with Crippen LogP contribution in [-0.2, 0) is 4.74 Å². The number of hydrogen-bond acceptors (Lipinski definition) is 5. The minimum absolute atomic E-state index is 0.0603. The second-order valence-corrected chi connectivity index (χ2v) is 7.50. The highest BCUT2D eigenvalue weighted by atomic mass is 16.6. The van der Waals surface area contributed by atoms with Crippen LogP contribution in [0.5, 0.6) is 0 Å². The molecule has 1 saturated heterocycles. The summed E-state index contributed by atoms with van der Waals surface area (Å²) in [6.45, 7) is 6.60. The van der Waals surface area contributed by atoms with E-state index in [0.717, 1.165) is 18.2 Å². The Morgan fingerprint density at radius 1 is 1.42 bits per heavy atom. The van der Waals surface area contributed by atoms with Crippen molar-refractivity contribution in [3.63, 3.8) is 0 Å². The number of carboxylic acid groups (broad SMARTS) is 1. The summed E-state index contributed by atoms with van der Waals surface area (Å²) in [5.41, 5.74) is 0.722. The van der Waals surface area contributed by atoms with Crippen LogP contribution in [0.2, 0.25) is 0 Å². The molecule has 3 N–H and O–H groups in total. The average Bonchev–Trinajstić information content (AvgIpc) is 3.02. The molecule has 0 spiro atoms. The first-order valence-electron chi connectivity index (χ1n) is 8.68. The first-order valence-corrected chi connectivity index (χ1v) is 8.68. The molecule has 140 valence electrons. The molecular weight excluding hydrogens is 336 g/mol. The van der Waals surface area contributed by atoms with Gasteiger partial charge in [0, 0.05) is 36.9 Å². The molecule has 0 saturated carbocycles. The Morgan fingerprint density at radius 2 is 2.19 bits per heavy atom. The Balaban J connectivity index is 1.80. The molecule has 0 aliphatic carbocycles. The highest BCUT2D eigenvalue weighted by molar-refractivity contribution is 6.03. The van der Waals surface area contributed by atoms with Crippen LogP contribution < -0.4 is 5.32 Å². The molecule has 1 aliphatic heterocycles. The fourth-order valence-corrected chi connectivity index (χ4v) is 3.12. The first-order chi connectivity index (χ1) is 12.2. The number of H-pyrrole nitrogens is 1. The number of carbonyl (C=O) groups is 2. The summed E-state index contributed by atoms with van der Waals surface area (Å²) in [4.78, 5) is 32.7. The van der Waals surface area contributed by atoms with Crippen LogP contribution in [0.15, 0.2) is 18.5 Å². The number of carbonyl (C=O) groups excluding carboxylic acids is 1. The van der Waals surface area contributed by atoms with Gasteiger partial charge in [0.2, 0.25) is 0 Å². The summed E-state index contributed by atoms with van der Waals surface area (Å²) in [6, 6.07) is 1.74. The van der Waals surface area contributed by atoms with Crippen LogP contribution >= 0.6 is 0 Å². The third-order valence-corrected chi connectivity index (χ3v) is 4.24. The average molecular weight is 360 g/mol. The van der Waals surface area contributed by atoms with Crippen molar-refractivity contribution in [2.24, 2.45) is 0 Å². The number of aromatic amines is 1. The fourth-order valence-electron chi connectivity index (χ4n) is 3.12. The number of likely N-dealkylation sites (tertiary alicyclic amines) is 1.